The molecule has 1 saturated heterocycles. The zero-order valence-electron chi connectivity index (χ0n) is 11.2. The number of aliphatic carboxylic acids is 1. The number of carbonyl (C=O) groups is 2. The van der Waals surface area contributed by atoms with Crippen LogP contribution in [0.4, 0.5) is 0 Å². The van der Waals surface area contributed by atoms with E-state index in [0.29, 0.717) is 30.9 Å². The van der Waals surface area contributed by atoms with Crippen LogP contribution < -0.4 is 9.47 Å². The van der Waals surface area contributed by atoms with Crippen molar-refractivity contribution in [1.82, 2.24) is 4.90 Å². The van der Waals surface area contributed by atoms with E-state index < -0.39 is 12.0 Å². The molecule has 0 radical (unpaired) electrons. The minimum atomic E-state index is -0.961. The first-order valence-electron chi connectivity index (χ1n) is 6.41. The van der Waals surface area contributed by atoms with Crippen LogP contribution >= 0.6 is 0 Å². The molecular weight excluding hydrogens is 262 g/mol. The Hall–Kier alpha value is -2.24. The number of ether oxygens (including phenoxy) is 2. The van der Waals surface area contributed by atoms with Crippen LogP contribution in [0.3, 0.4) is 0 Å². The molecule has 1 aromatic carbocycles. The van der Waals surface area contributed by atoms with Gasteiger partial charge >= 0.3 is 5.97 Å². The lowest BCUT2D eigenvalue weighted by Crippen LogP contribution is -2.42. The summed E-state index contributed by atoms with van der Waals surface area (Å²) in [4.78, 5) is 24.4. The number of hydrogen-bond donors (Lipinski definition) is 1. The summed E-state index contributed by atoms with van der Waals surface area (Å²) >= 11 is 0. The van der Waals surface area contributed by atoms with Gasteiger partial charge in [0.1, 0.15) is 17.5 Å². The van der Waals surface area contributed by atoms with E-state index in [-0.39, 0.29) is 12.5 Å². The van der Waals surface area contributed by atoms with Gasteiger partial charge in [-0.2, -0.15) is 0 Å². The third kappa shape index (κ3) is 3.20. The number of hydrogen-bond acceptors (Lipinski definition) is 4. The summed E-state index contributed by atoms with van der Waals surface area (Å²) in [6.07, 6.45) is 1.21. The van der Waals surface area contributed by atoms with Crippen LogP contribution in [0.2, 0.25) is 0 Å². The number of carbonyl (C=O) groups excluding carboxylic acids is 1. The van der Waals surface area contributed by atoms with E-state index in [1.54, 1.807) is 31.4 Å². The van der Waals surface area contributed by atoms with Crippen molar-refractivity contribution in [2.24, 2.45) is 0 Å². The fourth-order valence-electron chi connectivity index (χ4n) is 2.24. The van der Waals surface area contributed by atoms with Gasteiger partial charge in [-0.15, -0.1) is 0 Å². The largest absolute Gasteiger partial charge is 0.497 e. The summed E-state index contributed by atoms with van der Waals surface area (Å²) in [6.45, 7) is 0.300. The Morgan fingerprint density at radius 2 is 2.15 bits per heavy atom. The predicted molar refractivity (Wildman–Crippen MR) is 70.9 cm³/mol. The maximum absolute atomic E-state index is 12.0. The van der Waals surface area contributed by atoms with Gasteiger partial charge in [-0.1, -0.05) is 6.07 Å². The fourth-order valence-corrected chi connectivity index (χ4v) is 2.24. The number of carboxylic acids is 1. The molecular formula is C14H17NO5. The molecule has 6 nitrogen and oxygen atoms in total. The highest BCUT2D eigenvalue weighted by Gasteiger charge is 2.33. The molecule has 1 heterocycles. The van der Waals surface area contributed by atoms with Crippen molar-refractivity contribution in [3.05, 3.63) is 24.3 Å². The molecule has 0 unspecified atom stereocenters. The van der Waals surface area contributed by atoms with Crippen molar-refractivity contribution >= 4 is 11.9 Å². The zero-order valence-corrected chi connectivity index (χ0v) is 11.2. The highest BCUT2D eigenvalue weighted by Crippen LogP contribution is 2.20. The van der Waals surface area contributed by atoms with Crippen LogP contribution in [0, 0.1) is 0 Å². The second-order valence-corrected chi connectivity index (χ2v) is 4.55. The molecule has 1 aliphatic heterocycles. The first-order valence-corrected chi connectivity index (χ1v) is 6.41. The van der Waals surface area contributed by atoms with E-state index in [1.807, 2.05) is 0 Å². The molecule has 2 rings (SSSR count). The van der Waals surface area contributed by atoms with Crippen molar-refractivity contribution < 1.29 is 24.2 Å². The third-order valence-corrected chi connectivity index (χ3v) is 3.26. The van der Waals surface area contributed by atoms with Crippen LogP contribution in [0.15, 0.2) is 24.3 Å². The van der Waals surface area contributed by atoms with Crippen LogP contribution in [0.25, 0.3) is 0 Å². The molecule has 0 bridgehead atoms. The maximum atomic E-state index is 12.0. The van der Waals surface area contributed by atoms with Gasteiger partial charge < -0.3 is 19.5 Å². The molecule has 1 fully saturated rings. The Morgan fingerprint density at radius 3 is 2.85 bits per heavy atom. The van der Waals surface area contributed by atoms with Crippen LogP contribution in [-0.4, -0.2) is 48.2 Å². The van der Waals surface area contributed by atoms with Crippen molar-refractivity contribution in [2.45, 2.75) is 18.9 Å². The van der Waals surface area contributed by atoms with Crippen molar-refractivity contribution in [1.29, 1.82) is 0 Å². The van der Waals surface area contributed by atoms with Gasteiger partial charge in [-0.3, -0.25) is 4.79 Å². The molecule has 20 heavy (non-hydrogen) atoms. The average Bonchev–Trinajstić information content (AvgIpc) is 2.94. The normalized spacial score (nSPS) is 17.9. The first kappa shape index (κ1) is 14.2. The molecule has 108 valence electrons. The number of rotatable bonds is 5. The van der Waals surface area contributed by atoms with E-state index in [0.717, 1.165) is 0 Å². The molecule has 0 saturated carbocycles. The molecule has 1 N–H and O–H groups in total. The topological polar surface area (TPSA) is 76.1 Å². The Bertz CT molecular complexity index is 502. The smallest absolute Gasteiger partial charge is 0.326 e. The highest BCUT2D eigenvalue weighted by atomic mass is 16.5. The quantitative estimate of drug-likeness (QED) is 0.875. The summed E-state index contributed by atoms with van der Waals surface area (Å²) in [7, 11) is 1.55. The molecule has 0 spiro atoms. The van der Waals surface area contributed by atoms with Crippen molar-refractivity contribution in [2.75, 3.05) is 20.3 Å². The van der Waals surface area contributed by atoms with Gasteiger partial charge in [0.05, 0.1) is 7.11 Å². The monoisotopic (exact) mass is 279 g/mol. The summed E-state index contributed by atoms with van der Waals surface area (Å²) in [5, 5.41) is 9.03. The van der Waals surface area contributed by atoms with Crippen LogP contribution in [-0.2, 0) is 9.59 Å². The minimum Gasteiger partial charge on any atom is -0.497 e. The Kier molecular flexibility index (Phi) is 4.45. The first-order chi connectivity index (χ1) is 9.61. The molecule has 1 aliphatic rings. The number of carboxylic acid groups (broad SMARTS) is 1. The summed E-state index contributed by atoms with van der Waals surface area (Å²) in [6, 6.07) is 6.20. The molecule has 1 aromatic rings. The lowest BCUT2D eigenvalue weighted by molar-refractivity contribution is -0.148. The summed E-state index contributed by atoms with van der Waals surface area (Å²) in [5.41, 5.74) is 0. The van der Waals surface area contributed by atoms with Crippen molar-refractivity contribution in [3.8, 4) is 11.5 Å². The fraction of sp³-hybridized carbons (Fsp3) is 0.429. The van der Waals surface area contributed by atoms with Gasteiger partial charge in [0.25, 0.3) is 5.91 Å². The summed E-state index contributed by atoms with van der Waals surface area (Å²) in [5.74, 6) is -0.113. The van der Waals surface area contributed by atoms with E-state index >= 15 is 0 Å². The summed E-state index contributed by atoms with van der Waals surface area (Å²) < 4.78 is 10.4. The lowest BCUT2D eigenvalue weighted by Gasteiger charge is -2.21. The number of amides is 1. The van der Waals surface area contributed by atoms with Gasteiger partial charge in [0.2, 0.25) is 0 Å². The average molecular weight is 279 g/mol. The van der Waals surface area contributed by atoms with E-state index in [1.165, 1.54) is 4.90 Å². The zero-order chi connectivity index (χ0) is 14.5. The van der Waals surface area contributed by atoms with Gasteiger partial charge in [0, 0.05) is 12.6 Å². The lowest BCUT2D eigenvalue weighted by atomic mass is 10.2. The maximum Gasteiger partial charge on any atom is 0.326 e. The Balaban J connectivity index is 1.93. The SMILES string of the molecule is COc1cccc(OCC(=O)N2CCC[C@@H]2C(=O)O)c1. The van der Waals surface area contributed by atoms with Gasteiger partial charge in [0.15, 0.2) is 6.61 Å². The molecule has 6 heteroatoms. The minimum absolute atomic E-state index is 0.170. The number of likely N-dealkylation sites (tertiary alicyclic amines) is 1. The predicted octanol–water partition coefficient (Wildman–Crippen LogP) is 1.15. The van der Waals surface area contributed by atoms with Crippen LogP contribution in [0.5, 0.6) is 11.5 Å². The second-order valence-electron chi connectivity index (χ2n) is 4.55. The van der Waals surface area contributed by atoms with Crippen LogP contribution in [0.1, 0.15) is 12.8 Å². The number of methoxy groups -OCH3 is 1. The highest BCUT2D eigenvalue weighted by molar-refractivity contribution is 5.85. The van der Waals surface area contributed by atoms with E-state index in [2.05, 4.69) is 0 Å². The Morgan fingerprint density at radius 1 is 1.40 bits per heavy atom. The molecule has 1 amide bonds. The third-order valence-electron chi connectivity index (χ3n) is 3.26. The van der Waals surface area contributed by atoms with E-state index in [4.69, 9.17) is 14.6 Å². The van der Waals surface area contributed by atoms with E-state index in [9.17, 15) is 9.59 Å². The van der Waals surface area contributed by atoms with Crippen molar-refractivity contribution in [3.63, 3.8) is 0 Å². The van der Waals surface area contributed by atoms with Gasteiger partial charge in [-0.25, -0.2) is 4.79 Å². The number of nitrogens with zero attached hydrogens (tertiary/aromatic N) is 1. The second kappa shape index (κ2) is 6.27. The standard InChI is InChI=1S/C14H17NO5/c1-19-10-4-2-5-11(8-10)20-9-13(16)15-7-3-6-12(15)14(17)18/h2,4-5,8,12H,3,6-7,9H2,1H3,(H,17,18)/t12-/m1/s1. The molecule has 1 atom stereocenters. The number of benzene rings is 1. The molecule has 0 aromatic heterocycles. The molecule has 0 aliphatic carbocycles. The Labute approximate surface area is 116 Å². The van der Waals surface area contributed by atoms with Gasteiger partial charge in [-0.05, 0) is 25.0 Å².